The first-order valence-electron chi connectivity index (χ1n) is 5.43. The van der Waals surface area contributed by atoms with Gasteiger partial charge < -0.3 is 0 Å². The lowest BCUT2D eigenvalue weighted by molar-refractivity contribution is 0.600. The molecule has 2 rings (SSSR count). The molecular weight excluding hydrogens is 289 g/mol. The molecule has 0 radical (unpaired) electrons. The van der Waals surface area contributed by atoms with Crippen LogP contribution in [0, 0.1) is 12.7 Å². The van der Waals surface area contributed by atoms with Crippen molar-refractivity contribution in [3.05, 3.63) is 58.9 Å². The zero-order valence-electron chi connectivity index (χ0n) is 10.0. The van der Waals surface area contributed by atoms with Gasteiger partial charge in [0.25, 0.3) is 10.0 Å². The molecule has 0 aliphatic carbocycles. The van der Waals surface area contributed by atoms with Crippen molar-refractivity contribution in [3.8, 4) is 0 Å². The zero-order valence-corrected chi connectivity index (χ0v) is 11.6. The molecule has 0 saturated heterocycles. The van der Waals surface area contributed by atoms with Gasteiger partial charge in [-0.3, -0.25) is 4.72 Å². The largest absolute Gasteiger partial charge is 0.278 e. The van der Waals surface area contributed by atoms with Crippen molar-refractivity contribution >= 4 is 27.3 Å². The van der Waals surface area contributed by atoms with Gasteiger partial charge in [-0.25, -0.2) is 12.8 Å². The van der Waals surface area contributed by atoms with E-state index in [2.05, 4.69) is 4.72 Å². The molecule has 0 unspecified atom stereocenters. The van der Waals surface area contributed by atoms with Crippen LogP contribution in [0.5, 0.6) is 0 Å². The second-order valence-electron chi connectivity index (χ2n) is 4.00. The highest BCUT2D eigenvalue weighted by Gasteiger charge is 2.17. The predicted octanol–water partition coefficient (Wildman–Crippen LogP) is 3.59. The summed E-state index contributed by atoms with van der Waals surface area (Å²) in [6.07, 6.45) is 0. The van der Waals surface area contributed by atoms with Crippen LogP contribution in [0.1, 0.15) is 5.56 Å². The Labute approximate surface area is 116 Å². The van der Waals surface area contributed by atoms with Gasteiger partial charge in [0.2, 0.25) is 0 Å². The van der Waals surface area contributed by atoms with Crippen molar-refractivity contribution in [1.29, 1.82) is 0 Å². The maximum Gasteiger partial charge on any atom is 0.262 e. The molecule has 0 aromatic heterocycles. The number of halogens is 2. The number of rotatable bonds is 3. The summed E-state index contributed by atoms with van der Waals surface area (Å²) in [5.74, 6) is -0.563. The Balaban J connectivity index is 2.43. The molecule has 0 saturated carbocycles. The average molecular weight is 300 g/mol. The fraction of sp³-hybridized carbons (Fsp3) is 0.0769. The van der Waals surface area contributed by atoms with Crippen LogP contribution in [0.2, 0.25) is 5.02 Å². The lowest BCUT2D eigenvalue weighted by Gasteiger charge is -2.11. The van der Waals surface area contributed by atoms with Crippen LogP contribution in [0.4, 0.5) is 10.1 Å². The number of sulfonamides is 1. The molecule has 0 fully saturated rings. The number of benzene rings is 2. The molecule has 0 bridgehead atoms. The third-order valence-electron chi connectivity index (χ3n) is 2.56. The van der Waals surface area contributed by atoms with Gasteiger partial charge in [0.05, 0.1) is 15.6 Å². The standard InChI is InChI=1S/C13H11ClFNO2S/c1-9-4-2-3-5-13(9)19(17,18)16-12-8-10(15)6-7-11(12)14/h2-8,16H,1H3. The molecule has 3 nitrogen and oxygen atoms in total. The van der Waals surface area contributed by atoms with Gasteiger partial charge in [0.1, 0.15) is 5.82 Å². The first kappa shape index (κ1) is 13.8. The van der Waals surface area contributed by atoms with Crippen LogP contribution in [0.15, 0.2) is 47.4 Å². The second kappa shape index (κ2) is 5.19. The van der Waals surface area contributed by atoms with Gasteiger partial charge in [-0.2, -0.15) is 0 Å². The van der Waals surface area contributed by atoms with E-state index in [4.69, 9.17) is 11.6 Å². The van der Waals surface area contributed by atoms with Crippen LogP contribution in [-0.4, -0.2) is 8.42 Å². The normalized spacial score (nSPS) is 11.3. The van der Waals surface area contributed by atoms with E-state index in [-0.39, 0.29) is 15.6 Å². The quantitative estimate of drug-likeness (QED) is 0.941. The minimum Gasteiger partial charge on any atom is -0.278 e. The summed E-state index contributed by atoms with van der Waals surface area (Å²) >= 11 is 5.84. The van der Waals surface area contributed by atoms with Crippen molar-refractivity contribution in [2.24, 2.45) is 0 Å². The van der Waals surface area contributed by atoms with Crippen LogP contribution in [-0.2, 0) is 10.0 Å². The number of aryl methyl sites for hydroxylation is 1. The van der Waals surface area contributed by atoms with Crippen LogP contribution in [0.3, 0.4) is 0 Å². The molecule has 0 atom stereocenters. The average Bonchev–Trinajstić information content (AvgIpc) is 2.34. The number of hydrogen-bond acceptors (Lipinski definition) is 2. The Hall–Kier alpha value is -1.59. The molecule has 6 heteroatoms. The van der Waals surface area contributed by atoms with E-state index < -0.39 is 15.8 Å². The van der Waals surface area contributed by atoms with Crippen LogP contribution >= 0.6 is 11.6 Å². The predicted molar refractivity (Wildman–Crippen MR) is 73.4 cm³/mol. The fourth-order valence-corrected chi connectivity index (χ4v) is 3.17. The Bertz CT molecular complexity index is 716. The Morgan fingerprint density at radius 1 is 1.16 bits per heavy atom. The summed E-state index contributed by atoms with van der Waals surface area (Å²) < 4.78 is 39.8. The summed E-state index contributed by atoms with van der Waals surface area (Å²) in [6.45, 7) is 1.68. The number of nitrogens with one attached hydrogen (secondary N) is 1. The molecule has 0 amide bonds. The maximum atomic E-state index is 13.1. The summed E-state index contributed by atoms with van der Waals surface area (Å²) in [5, 5.41) is 0.138. The highest BCUT2D eigenvalue weighted by molar-refractivity contribution is 7.92. The van der Waals surface area contributed by atoms with E-state index in [9.17, 15) is 12.8 Å². The summed E-state index contributed by atoms with van der Waals surface area (Å²) in [5.41, 5.74) is 0.618. The van der Waals surface area contributed by atoms with E-state index in [1.54, 1.807) is 25.1 Å². The minimum absolute atomic E-state index is 0.0184. The topological polar surface area (TPSA) is 46.2 Å². The molecule has 0 spiro atoms. The molecule has 1 N–H and O–H groups in total. The zero-order chi connectivity index (χ0) is 14.0. The van der Waals surface area contributed by atoms with Gasteiger partial charge in [0.15, 0.2) is 0 Å². The first-order valence-corrected chi connectivity index (χ1v) is 7.30. The SMILES string of the molecule is Cc1ccccc1S(=O)(=O)Nc1cc(F)ccc1Cl. The molecule has 0 aliphatic heterocycles. The lowest BCUT2D eigenvalue weighted by atomic mass is 10.2. The molecular formula is C13H11ClFNO2S. The summed E-state index contributed by atoms with van der Waals surface area (Å²) in [6, 6.07) is 10.0. The fourth-order valence-electron chi connectivity index (χ4n) is 1.63. The molecule has 0 aliphatic rings. The first-order chi connectivity index (χ1) is 8.90. The highest BCUT2D eigenvalue weighted by Crippen LogP contribution is 2.26. The molecule has 2 aromatic carbocycles. The second-order valence-corrected chi connectivity index (χ2v) is 6.05. The van der Waals surface area contributed by atoms with Crippen molar-refractivity contribution < 1.29 is 12.8 Å². The van der Waals surface area contributed by atoms with E-state index >= 15 is 0 Å². The van der Waals surface area contributed by atoms with Gasteiger partial charge in [-0.05, 0) is 36.8 Å². The Morgan fingerprint density at radius 2 is 1.84 bits per heavy atom. The van der Waals surface area contributed by atoms with Crippen molar-refractivity contribution in [3.63, 3.8) is 0 Å². The summed E-state index contributed by atoms with van der Waals surface area (Å²) in [4.78, 5) is 0.135. The maximum absolute atomic E-state index is 13.1. The Kier molecular flexibility index (Phi) is 3.78. The smallest absolute Gasteiger partial charge is 0.262 e. The van der Waals surface area contributed by atoms with Gasteiger partial charge in [0, 0.05) is 0 Å². The Morgan fingerprint density at radius 3 is 2.53 bits per heavy atom. The third-order valence-corrected chi connectivity index (χ3v) is 4.41. The van der Waals surface area contributed by atoms with E-state index in [1.165, 1.54) is 12.1 Å². The van der Waals surface area contributed by atoms with Gasteiger partial charge >= 0.3 is 0 Å². The van der Waals surface area contributed by atoms with E-state index in [0.29, 0.717) is 5.56 Å². The van der Waals surface area contributed by atoms with E-state index in [1.807, 2.05) is 0 Å². The third kappa shape index (κ3) is 3.05. The minimum atomic E-state index is -3.78. The molecule has 2 aromatic rings. The van der Waals surface area contributed by atoms with Crippen LogP contribution in [0.25, 0.3) is 0 Å². The van der Waals surface area contributed by atoms with E-state index in [0.717, 1.165) is 12.1 Å². The van der Waals surface area contributed by atoms with Gasteiger partial charge in [-0.15, -0.1) is 0 Å². The van der Waals surface area contributed by atoms with Crippen LogP contribution < -0.4 is 4.72 Å². The van der Waals surface area contributed by atoms with Gasteiger partial charge in [-0.1, -0.05) is 29.8 Å². The highest BCUT2D eigenvalue weighted by atomic mass is 35.5. The van der Waals surface area contributed by atoms with Crippen molar-refractivity contribution in [2.45, 2.75) is 11.8 Å². The molecule has 19 heavy (non-hydrogen) atoms. The van der Waals surface area contributed by atoms with Crippen molar-refractivity contribution in [1.82, 2.24) is 0 Å². The summed E-state index contributed by atoms with van der Waals surface area (Å²) in [7, 11) is -3.78. The number of hydrogen-bond donors (Lipinski definition) is 1. The van der Waals surface area contributed by atoms with Crippen molar-refractivity contribution in [2.75, 3.05) is 4.72 Å². The number of anilines is 1. The molecule has 0 heterocycles. The molecule has 100 valence electrons. The monoisotopic (exact) mass is 299 g/mol. The lowest BCUT2D eigenvalue weighted by Crippen LogP contribution is -2.14.